The van der Waals surface area contributed by atoms with Crippen molar-refractivity contribution in [3.05, 3.63) is 51.9 Å². The van der Waals surface area contributed by atoms with Crippen molar-refractivity contribution in [1.29, 1.82) is 0 Å². The van der Waals surface area contributed by atoms with Gasteiger partial charge < -0.3 is 19.5 Å². The normalized spacial score (nSPS) is 16.8. The molecule has 21 heavy (non-hydrogen) atoms. The standard InChI is InChI=1S/C14H13N3O4/c1-21-11-7-17(10-5-3-2-4-8(10)11)14-15-6-9(13(19)20)12(18)16-14/h2-6,11H,7H2,1H3,(H,19,20)(H,15,16,18)/p-1. The number of hydrogen-bond donors (Lipinski definition) is 1. The Balaban J connectivity index is 2.04. The largest absolute Gasteiger partial charge is 0.545 e. The van der Waals surface area contributed by atoms with Crippen molar-refractivity contribution in [1.82, 2.24) is 9.97 Å². The number of aromatic nitrogens is 2. The van der Waals surface area contributed by atoms with Gasteiger partial charge in [-0.1, -0.05) is 18.2 Å². The van der Waals surface area contributed by atoms with E-state index in [2.05, 4.69) is 9.97 Å². The smallest absolute Gasteiger partial charge is 0.261 e. The van der Waals surface area contributed by atoms with Crippen molar-refractivity contribution < 1.29 is 14.6 Å². The molecule has 1 aromatic heterocycles. The monoisotopic (exact) mass is 286 g/mol. The highest BCUT2D eigenvalue weighted by Gasteiger charge is 2.30. The Morgan fingerprint density at radius 1 is 1.48 bits per heavy atom. The van der Waals surface area contributed by atoms with Gasteiger partial charge in [-0.15, -0.1) is 0 Å². The quantitative estimate of drug-likeness (QED) is 0.851. The van der Waals surface area contributed by atoms with Crippen molar-refractivity contribution in [3.8, 4) is 0 Å². The first-order valence-electron chi connectivity index (χ1n) is 6.31. The van der Waals surface area contributed by atoms with Crippen molar-refractivity contribution in [3.63, 3.8) is 0 Å². The number of ether oxygens (including phenoxy) is 1. The molecule has 7 nitrogen and oxygen atoms in total. The minimum atomic E-state index is -1.55. The topological polar surface area (TPSA) is 98.3 Å². The molecule has 7 heteroatoms. The van der Waals surface area contributed by atoms with Gasteiger partial charge in [0.15, 0.2) is 0 Å². The lowest BCUT2D eigenvalue weighted by Crippen LogP contribution is -2.31. The van der Waals surface area contributed by atoms with E-state index in [1.807, 2.05) is 24.3 Å². The number of para-hydroxylation sites is 1. The number of aromatic carboxylic acids is 1. The second kappa shape index (κ2) is 5.02. The second-order valence-electron chi connectivity index (χ2n) is 4.63. The number of anilines is 2. The lowest BCUT2D eigenvalue weighted by atomic mass is 10.1. The number of methoxy groups -OCH3 is 1. The van der Waals surface area contributed by atoms with Crippen LogP contribution in [0.3, 0.4) is 0 Å². The van der Waals surface area contributed by atoms with Gasteiger partial charge in [-0.05, 0) is 6.07 Å². The summed E-state index contributed by atoms with van der Waals surface area (Å²) in [5.41, 5.74) is 0.633. The molecule has 0 spiro atoms. The van der Waals surface area contributed by atoms with Crippen LogP contribution in [0, 0.1) is 0 Å². The molecule has 0 radical (unpaired) electrons. The molecule has 1 N–H and O–H groups in total. The first kappa shape index (κ1) is 13.3. The average molecular weight is 286 g/mol. The molecule has 1 unspecified atom stereocenters. The SMILES string of the molecule is COC1CN(c2ncc(C(=O)[O-])c(=O)[nH]2)c2ccccc21. The number of aromatic amines is 1. The maximum absolute atomic E-state index is 11.7. The molecule has 1 atom stereocenters. The highest BCUT2D eigenvalue weighted by Crippen LogP contribution is 2.39. The zero-order valence-electron chi connectivity index (χ0n) is 11.2. The van der Waals surface area contributed by atoms with Gasteiger partial charge in [-0.2, -0.15) is 0 Å². The van der Waals surface area contributed by atoms with Crippen LogP contribution < -0.4 is 15.6 Å². The van der Waals surface area contributed by atoms with E-state index in [0.29, 0.717) is 6.54 Å². The number of carboxylic acid groups (broad SMARTS) is 1. The summed E-state index contributed by atoms with van der Waals surface area (Å²) in [4.78, 5) is 30.7. The fourth-order valence-corrected chi connectivity index (χ4v) is 2.44. The van der Waals surface area contributed by atoms with Gasteiger partial charge >= 0.3 is 0 Å². The van der Waals surface area contributed by atoms with Crippen molar-refractivity contribution >= 4 is 17.6 Å². The Morgan fingerprint density at radius 2 is 2.24 bits per heavy atom. The van der Waals surface area contributed by atoms with E-state index in [1.54, 1.807) is 12.0 Å². The lowest BCUT2D eigenvalue weighted by molar-refractivity contribution is -0.255. The lowest BCUT2D eigenvalue weighted by Gasteiger charge is -2.18. The molecular formula is C14H12N3O4-. The summed E-state index contributed by atoms with van der Waals surface area (Å²) >= 11 is 0. The van der Waals surface area contributed by atoms with E-state index in [4.69, 9.17) is 4.74 Å². The molecule has 0 aliphatic carbocycles. The minimum Gasteiger partial charge on any atom is -0.545 e. The molecule has 1 aliphatic heterocycles. The fourth-order valence-electron chi connectivity index (χ4n) is 2.44. The van der Waals surface area contributed by atoms with Crippen LogP contribution in [-0.2, 0) is 4.74 Å². The van der Waals surface area contributed by atoms with Crippen LogP contribution in [0.4, 0.5) is 11.6 Å². The van der Waals surface area contributed by atoms with Gasteiger partial charge in [-0.25, -0.2) is 4.98 Å². The third-order valence-corrected chi connectivity index (χ3v) is 3.47. The van der Waals surface area contributed by atoms with Gasteiger partial charge in [-0.3, -0.25) is 9.78 Å². The van der Waals surface area contributed by atoms with Crippen LogP contribution in [0.5, 0.6) is 0 Å². The number of H-pyrrole nitrogens is 1. The Morgan fingerprint density at radius 3 is 2.90 bits per heavy atom. The van der Waals surface area contributed by atoms with Crippen LogP contribution >= 0.6 is 0 Å². The van der Waals surface area contributed by atoms with E-state index >= 15 is 0 Å². The Kier molecular flexibility index (Phi) is 3.19. The summed E-state index contributed by atoms with van der Waals surface area (Å²) in [5, 5.41) is 10.7. The van der Waals surface area contributed by atoms with Crippen LogP contribution in [0.15, 0.2) is 35.3 Å². The molecule has 0 bridgehead atoms. The predicted octanol–water partition coefficient (Wildman–Crippen LogP) is -0.0274. The van der Waals surface area contributed by atoms with Gasteiger partial charge in [0.05, 0.1) is 18.1 Å². The molecule has 2 heterocycles. The number of benzene rings is 1. The molecule has 108 valence electrons. The maximum atomic E-state index is 11.7. The molecule has 1 aromatic carbocycles. The Labute approximate surface area is 119 Å². The molecular weight excluding hydrogens is 274 g/mol. The van der Waals surface area contributed by atoms with E-state index in [-0.39, 0.29) is 12.1 Å². The Hall–Kier alpha value is -2.67. The highest BCUT2D eigenvalue weighted by molar-refractivity contribution is 5.85. The van der Waals surface area contributed by atoms with Crippen molar-refractivity contribution in [2.75, 3.05) is 18.6 Å². The number of carboxylic acids is 1. The van der Waals surface area contributed by atoms with E-state index in [9.17, 15) is 14.7 Å². The molecule has 0 fully saturated rings. The zero-order valence-corrected chi connectivity index (χ0v) is 11.2. The number of carbonyl (C=O) groups is 1. The number of nitrogens with zero attached hydrogens (tertiary/aromatic N) is 2. The van der Waals surface area contributed by atoms with Crippen LogP contribution in [-0.4, -0.2) is 29.6 Å². The average Bonchev–Trinajstić information content (AvgIpc) is 2.85. The summed E-state index contributed by atoms with van der Waals surface area (Å²) in [6, 6.07) is 7.61. The third-order valence-electron chi connectivity index (χ3n) is 3.47. The Bertz CT molecular complexity index is 756. The molecule has 0 saturated heterocycles. The first-order valence-corrected chi connectivity index (χ1v) is 6.31. The molecule has 2 aromatic rings. The number of carbonyl (C=O) groups excluding carboxylic acids is 1. The third kappa shape index (κ3) is 2.17. The van der Waals surface area contributed by atoms with E-state index in [0.717, 1.165) is 17.4 Å². The summed E-state index contributed by atoms with van der Waals surface area (Å²) in [6.07, 6.45) is 0.874. The molecule has 3 rings (SSSR count). The fraction of sp³-hybridized carbons (Fsp3) is 0.214. The number of fused-ring (bicyclic) bond motifs is 1. The maximum Gasteiger partial charge on any atom is 0.261 e. The summed E-state index contributed by atoms with van der Waals surface area (Å²) in [5.74, 6) is -1.27. The summed E-state index contributed by atoms with van der Waals surface area (Å²) in [6.45, 7) is 0.490. The highest BCUT2D eigenvalue weighted by atomic mass is 16.5. The number of hydrogen-bond acceptors (Lipinski definition) is 6. The van der Waals surface area contributed by atoms with Gasteiger partial charge in [0.25, 0.3) is 5.56 Å². The van der Waals surface area contributed by atoms with Gasteiger partial charge in [0, 0.05) is 24.6 Å². The van der Waals surface area contributed by atoms with Crippen LogP contribution in [0.2, 0.25) is 0 Å². The van der Waals surface area contributed by atoms with Gasteiger partial charge in [0.2, 0.25) is 5.95 Å². The van der Waals surface area contributed by atoms with Crippen molar-refractivity contribution in [2.45, 2.75) is 6.10 Å². The molecule has 0 saturated carbocycles. The van der Waals surface area contributed by atoms with E-state index in [1.165, 1.54) is 0 Å². The molecule has 0 amide bonds. The van der Waals surface area contributed by atoms with E-state index < -0.39 is 17.1 Å². The zero-order chi connectivity index (χ0) is 15.0. The summed E-state index contributed by atoms with van der Waals surface area (Å²) in [7, 11) is 1.61. The van der Waals surface area contributed by atoms with Crippen molar-refractivity contribution in [2.24, 2.45) is 0 Å². The number of rotatable bonds is 3. The molecule has 1 aliphatic rings. The van der Waals surface area contributed by atoms with Crippen LogP contribution in [0.1, 0.15) is 22.0 Å². The summed E-state index contributed by atoms with van der Waals surface area (Å²) < 4.78 is 5.42. The van der Waals surface area contributed by atoms with Gasteiger partial charge in [0.1, 0.15) is 6.10 Å². The second-order valence-corrected chi connectivity index (χ2v) is 4.63. The van der Waals surface area contributed by atoms with Crippen LogP contribution in [0.25, 0.3) is 0 Å². The number of nitrogens with one attached hydrogen (secondary N) is 1. The minimum absolute atomic E-state index is 0.132. The first-order chi connectivity index (χ1) is 10.1. The predicted molar refractivity (Wildman–Crippen MR) is 72.4 cm³/mol.